The number of benzene rings is 1. The molecule has 3 heteroatoms. The van der Waals surface area contributed by atoms with Crippen molar-refractivity contribution in [2.75, 3.05) is 11.4 Å². The number of nitrogens with two attached hydrogens (primary N) is 1. The molecule has 0 saturated heterocycles. The van der Waals surface area contributed by atoms with Crippen molar-refractivity contribution in [2.45, 2.75) is 33.2 Å². The van der Waals surface area contributed by atoms with Crippen LogP contribution in [0.25, 0.3) is 0 Å². The van der Waals surface area contributed by atoms with Crippen molar-refractivity contribution in [3.63, 3.8) is 0 Å². The van der Waals surface area contributed by atoms with Gasteiger partial charge in [0, 0.05) is 18.3 Å². The molecule has 16 heavy (non-hydrogen) atoms. The molecule has 0 saturated carbocycles. The Kier molecular flexibility index (Phi) is 4.35. The second kappa shape index (κ2) is 5.54. The van der Waals surface area contributed by atoms with E-state index in [1.807, 2.05) is 18.2 Å². The number of para-hydroxylation sites is 1. The minimum absolute atomic E-state index is 0.364. The third-order valence-electron chi connectivity index (χ3n) is 2.94. The summed E-state index contributed by atoms with van der Waals surface area (Å²) < 4.78 is 0. The third kappa shape index (κ3) is 2.54. The van der Waals surface area contributed by atoms with Crippen LogP contribution in [0.4, 0.5) is 5.69 Å². The fourth-order valence-corrected chi connectivity index (χ4v) is 1.87. The summed E-state index contributed by atoms with van der Waals surface area (Å²) in [7, 11) is 0. The topological polar surface area (TPSA) is 46.3 Å². The molecule has 88 valence electrons. The lowest BCUT2D eigenvalue weighted by Gasteiger charge is -2.30. The second-order valence-electron chi connectivity index (χ2n) is 3.92. The number of hydrogen-bond donors (Lipinski definition) is 1. The van der Waals surface area contributed by atoms with E-state index in [1.54, 1.807) is 6.07 Å². The van der Waals surface area contributed by atoms with Gasteiger partial charge in [-0.15, -0.1) is 0 Å². The molecule has 1 unspecified atom stereocenters. The van der Waals surface area contributed by atoms with Crippen molar-refractivity contribution in [1.29, 1.82) is 0 Å². The summed E-state index contributed by atoms with van der Waals surface area (Å²) in [5, 5.41) is 0. The average Bonchev–Trinajstić information content (AvgIpc) is 2.30. The summed E-state index contributed by atoms with van der Waals surface area (Å²) >= 11 is 0. The maximum Gasteiger partial charge on any atom is 0.250 e. The summed E-state index contributed by atoms with van der Waals surface area (Å²) in [6.45, 7) is 7.25. The van der Waals surface area contributed by atoms with Crippen LogP contribution in [-0.2, 0) is 0 Å². The zero-order valence-electron chi connectivity index (χ0n) is 10.2. The van der Waals surface area contributed by atoms with Crippen LogP contribution in [0.1, 0.15) is 37.6 Å². The highest BCUT2D eigenvalue weighted by Gasteiger charge is 2.16. The first-order chi connectivity index (χ1) is 7.61. The molecule has 0 radical (unpaired) electrons. The Bertz CT molecular complexity index is 363. The van der Waals surface area contributed by atoms with Gasteiger partial charge in [-0.2, -0.15) is 0 Å². The van der Waals surface area contributed by atoms with Gasteiger partial charge in [-0.1, -0.05) is 19.1 Å². The first-order valence-electron chi connectivity index (χ1n) is 5.77. The Morgan fingerprint density at radius 1 is 1.38 bits per heavy atom. The number of nitrogens with zero attached hydrogens (tertiary/aromatic N) is 1. The summed E-state index contributed by atoms with van der Waals surface area (Å²) in [6.07, 6.45) is 1.04. The van der Waals surface area contributed by atoms with E-state index < -0.39 is 0 Å². The van der Waals surface area contributed by atoms with Gasteiger partial charge >= 0.3 is 0 Å². The van der Waals surface area contributed by atoms with E-state index in [2.05, 4.69) is 25.7 Å². The Hall–Kier alpha value is -1.51. The van der Waals surface area contributed by atoms with Gasteiger partial charge < -0.3 is 10.6 Å². The Morgan fingerprint density at radius 2 is 2.00 bits per heavy atom. The molecule has 1 aromatic carbocycles. The molecule has 0 bridgehead atoms. The van der Waals surface area contributed by atoms with Crippen molar-refractivity contribution in [3.05, 3.63) is 29.8 Å². The number of hydrogen-bond acceptors (Lipinski definition) is 2. The Morgan fingerprint density at radius 3 is 2.50 bits per heavy atom. The molecule has 0 aliphatic rings. The van der Waals surface area contributed by atoms with E-state index >= 15 is 0 Å². The highest BCUT2D eigenvalue weighted by Crippen LogP contribution is 2.22. The number of amides is 1. The van der Waals surface area contributed by atoms with Crippen LogP contribution in [0.2, 0.25) is 0 Å². The summed E-state index contributed by atoms with van der Waals surface area (Å²) in [5.41, 5.74) is 6.92. The van der Waals surface area contributed by atoms with E-state index in [0.717, 1.165) is 18.7 Å². The van der Waals surface area contributed by atoms with Gasteiger partial charge in [0.15, 0.2) is 0 Å². The quantitative estimate of drug-likeness (QED) is 0.828. The zero-order chi connectivity index (χ0) is 12.1. The fourth-order valence-electron chi connectivity index (χ4n) is 1.87. The van der Waals surface area contributed by atoms with Crippen molar-refractivity contribution in [3.8, 4) is 0 Å². The number of primary amides is 1. The molecule has 0 spiro atoms. The van der Waals surface area contributed by atoms with Crippen LogP contribution >= 0.6 is 0 Å². The molecule has 0 aliphatic heterocycles. The number of anilines is 1. The van der Waals surface area contributed by atoms with Crippen LogP contribution in [-0.4, -0.2) is 18.5 Å². The largest absolute Gasteiger partial charge is 0.368 e. The molecule has 1 atom stereocenters. The van der Waals surface area contributed by atoms with Gasteiger partial charge in [-0.25, -0.2) is 0 Å². The van der Waals surface area contributed by atoms with E-state index in [4.69, 9.17) is 5.73 Å². The Labute approximate surface area is 97.2 Å². The van der Waals surface area contributed by atoms with Gasteiger partial charge in [-0.3, -0.25) is 4.79 Å². The van der Waals surface area contributed by atoms with Crippen molar-refractivity contribution in [2.24, 2.45) is 5.73 Å². The molecule has 2 N–H and O–H groups in total. The van der Waals surface area contributed by atoms with E-state index in [1.165, 1.54) is 0 Å². The SMILES string of the molecule is CCC(C)N(CC)c1ccccc1C(N)=O. The van der Waals surface area contributed by atoms with Crippen LogP contribution in [0.15, 0.2) is 24.3 Å². The van der Waals surface area contributed by atoms with E-state index in [-0.39, 0.29) is 5.91 Å². The summed E-state index contributed by atoms with van der Waals surface area (Å²) in [4.78, 5) is 13.6. The van der Waals surface area contributed by atoms with Gasteiger partial charge in [0.2, 0.25) is 0 Å². The molecule has 3 nitrogen and oxygen atoms in total. The Balaban J connectivity index is 3.14. The monoisotopic (exact) mass is 220 g/mol. The molecule has 0 fully saturated rings. The predicted octanol–water partition coefficient (Wildman–Crippen LogP) is 2.41. The second-order valence-corrected chi connectivity index (χ2v) is 3.92. The lowest BCUT2D eigenvalue weighted by Crippen LogP contribution is -2.34. The van der Waals surface area contributed by atoms with Gasteiger partial charge in [-0.05, 0) is 32.4 Å². The van der Waals surface area contributed by atoms with Crippen LogP contribution in [0, 0.1) is 0 Å². The van der Waals surface area contributed by atoms with Crippen LogP contribution in [0.3, 0.4) is 0 Å². The normalized spacial score (nSPS) is 12.2. The minimum Gasteiger partial charge on any atom is -0.368 e. The zero-order valence-corrected chi connectivity index (χ0v) is 10.2. The van der Waals surface area contributed by atoms with Crippen LogP contribution in [0.5, 0.6) is 0 Å². The first-order valence-corrected chi connectivity index (χ1v) is 5.77. The van der Waals surface area contributed by atoms with Crippen molar-refractivity contribution >= 4 is 11.6 Å². The summed E-state index contributed by atoms with van der Waals surface area (Å²) in [6, 6.07) is 7.92. The predicted molar refractivity (Wildman–Crippen MR) is 67.7 cm³/mol. The standard InChI is InChI=1S/C13H20N2O/c1-4-10(3)15(5-2)12-9-7-6-8-11(12)13(14)16/h6-10H,4-5H2,1-3H3,(H2,14,16). The molecular formula is C13H20N2O. The van der Waals surface area contributed by atoms with Gasteiger partial charge in [0.25, 0.3) is 5.91 Å². The molecule has 1 rings (SSSR count). The molecule has 0 heterocycles. The number of carbonyl (C=O) groups is 1. The molecule has 1 aromatic rings. The lowest BCUT2D eigenvalue weighted by atomic mass is 10.1. The molecular weight excluding hydrogens is 200 g/mol. The van der Waals surface area contributed by atoms with Crippen molar-refractivity contribution in [1.82, 2.24) is 0 Å². The van der Waals surface area contributed by atoms with E-state index in [9.17, 15) is 4.79 Å². The molecule has 0 aliphatic carbocycles. The highest BCUT2D eigenvalue weighted by atomic mass is 16.1. The van der Waals surface area contributed by atoms with E-state index in [0.29, 0.717) is 11.6 Å². The van der Waals surface area contributed by atoms with Gasteiger partial charge in [0.05, 0.1) is 5.56 Å². The summed E-state index contributed by atoms with van der Waals surface area (Å²) in [5.74, 6) is -0.364. The lowest BCUT2D eigenvalue weighted by molar-refractivity contribution is 0.100. The van der Waals surface area contributed by atoms with Crippen LogP contribution < -0.4 is 10.6 Å². The number of rotatable bonds is 5. The minimum atomic E-state index is -0.364. The number of carbonyl (C=O) groups excluding carboxylic acids is 1. The molecule has 1 amide bonds. The average molecular weight is 220 g/mol. The molecule has 0 aromatic heterocycles. The maximum absolute atomic E-state index is 11.3. The maximum atomic E-state index is 11.3. The smallest absolute Gasteiger partial charge is 0.250 e. The highest BCUT2D eigenvalue weighted by molar-refractivity contribution is 5.98. The fraction of sp³-hybridized carbons (Fsp3) is 0.462. The van der Waals surface area contributed by atoms with Gasteiger partial charge in [0.1, 0.15) is 0 Å². The van der Waals surface area contributed by atoms with Crippen molar-refractivity contribution < 1.29 is 4.79 Å². The third-order valence-corrected chi connectivity index (χ3v) is 2.94. The first kappa shape index (κ1) is 12.6.